The molecule has 4 rings (SSSR count). The zero-order valence-corrected chi connectivity index (χ0v) is 12.4. The van der Waals surface area contributed by atoms with Crippen molar-refractivity contribution < 1.29 is 9.53 Å². The molecule has 0 aromatic rings. The number of carbonyl (C=O) groups excluding carboxylic acids is 1. The Kier molecular flexibility index (Phi) is 4.03. The zero-order chi connectivity index (χ0) is 13.3. The summed E-state index contributed by atoms with van der Waals surface area (Å²) in [5, 5.41) is 0. The molecule has 0 aliphatic heterocycles. The number of hydrogen-bond acceptors (Lipinski definition) is 2. The van der Waals surface area contributed by atoms with Gasteiger partial charge in [-0.2, -0.15) is 0 Å². The Morgan fingerprint density at radius 2 is 1.11 bits per heavy atom. The molecule has 4 aliphatic rings. The summed E-state index contributed by atoms with van der Waals surface area (Å²) in [6, 6.07) is 0. The predicted molar refractivity (Wildman–Crippen MR) is 73.2 cm³/mol. The van der Waals surface area contributed by atoms with Crippen molar-refractivity contribution in [3.05, 3.63) is 0 Å². The molecular formula is C16H28O2. The maximum Gasteiger partial charge on any atom is 0.303 e. The molecule has 4 bridgehead atoms. The lowest BCUT2D eigenvalue weighted by atomic mass is 9.56. The van der Waals surface area contributed by atoms with Gasteiger partial charge in [0.25, 0.3) is 0 Å². The van der Waals surface area contributed by atoms with E-state index in [9.17, 15) is 4.79 Å². The van der Waals surface area contributed by atoms with Crippen LogP contribution in [0.3, 0.4) is 0 Å². The number of ether oxygens (including phenoxy) is 1. The van der Waals surface area contributed by atoms with Crippen molar-refractivity contribution in [2.45, 2.75) is 71.8 Å². The van der Waals surface area contributed by atoms with E-state index in [0.29, 0.717) is 0 Å². The van der Waals surface area contributed by atoms with Gasteiger partial charge in [0.2, 0.25) is 0 Å². The van der Waals surface area contributed by atoms with Crippen LogP contribution < -0.4 is 0 Å². The third-order valence-corrected chi connectivity index (χ3v) is 4.45. The molecule has 0 spiro atoms. The van der Waals surface area contributed by atoms with Gasteiger partial charge in [0.05, 0.1) is 0 Å². The van der Waals surface area contributed by atoms with Gasteiger partial charge < -0.3 is 4.74 Å². The van der Waals surface area contributed by atoms with E-state index >= 15 is 0 Å². The van der Waals surface area contributed by atoms with Gasteiger partial charge in [-0.25, -0.2) is 0 Å². The Hall–Kier alpha value is -0.530. The first-order chi connectivity index (χ1) is 8.32. The first kappa shape index (κ1) is 13.9. The van der Waals surface area contributed by atoms with Crippen LogP contribution in [0.2, 0.25) is 0 Å². The van der Waals surface area contributed by atoms with Crippen molar-refractivity contribution >= 4 is 5.97 Å². The Morgan fingerprint density at radius 3 is 1.22 bits per heavy atom. The summed E-state index contributed by atoms with van der Waals surface area (Å²) < 4.78 is 4.80. The molecule has 0 aromatic carbocycles. The Morgan fingerprint density at radius 1 is 0.833 bits per heavy atom. The fourth-order valence-electron chi connectivity index (χ4n) is 4.41. The maximum absolute atomic E-state index is 10.2. The second-order valence-corrected chi connectivity index (χ2v) is 7.58. The van der Waals surface area contributed by atoms with Crippen LogP contribution in [-0.4, -0.2) is 11.6 Å². The van der Waals surface area contributed by atoms with Crippen LogP contribution in [-0.2, 0) is 9.53 Å². The van der Waals surface area contributed by atoms with Gasteiger partial charge >= 0.3 is 5.97 Å². The fraction of sp³-hybridized carbons (Fsp3) is 0.938. The Labute approximate surface area is 111 Å². The van der Waals surface area contributed by atoms with E-state index in [2.05, 4.69) is 0 Å². The summed E-state index contributed by atoms with van der Waals surface area (Å²) in [6.07, 6.45) is 9.62. The van der Waals surface area contributed by atoms with Crippen molar-refractivity contribution in [3.8, 4) is 0 Å². The van der Waals surface area contributed by atoms with Gasteiger partial charge in [0, 0.05) is 6.92 Å². The van der Waals surface area contributed by atoms with Crippen molar-refractivity contribution in [1.29, 1.82) is 0 Å². The van der Waals surface area contributed by atoms with E-state index in [-0.39, 0.29) is 11.6 Å². The van der Waals surface area contributed by atoms with Crippen LogP contribution in [0.25, 0.3) is 0 Å². The van der Waals surface area contributed by atoms with Crippen LogP contribution in [0.1, 0.15) is 66.2 Å². The van der Waals surface area contributed by atoms with Gasteiger partial charge in [-0.1, -0.05) is 0 Å². The van der Waals surface area contributed by atoms with E-state index in [1.807, 2.05) is 20.8 Å². The van der Waals surface area contributed by atoms with Gasteiger partial charge in [-0.15, -0.1) is 0 Å². The maximum atomic E-state index is 10.2. The monoisotopic (exact) mass is 252 g/mol. The van der Waals surface area contributed by atoms with Gasteiger partial charge in [-0.3, -0.25) is 4.79 Å². The highest BCUT2D eigenvalue weighted by molar-refractivity contribution is 5.66. The standard InChI is InChI=1S/C10H16.C6H12O2/c1-7-2-9-4-8(1)5-10(3-7)6-9;1-5(7)8-6(2,3)4/h7-10H,1-6H2;1-4H3. The van der Waals surface area contributed by atoms with Crippen molar-refractivity contribution in [2.24, 2.45) is 23.7 Å². The molecule has 4 fully saturated rings. The highest BCUT2D eigenvalue weighted by Gasteiger charge is 2.41. The second-order valence-electron chi connectivity index (χ2n) is 7.58. The molecule has 2 heteroatoms. The van der Waals surface area contributed by atoms with Gasteiger partial charge in [-0.05, 0) is 83.0 Å². The van der Waals surface area contributed by atoms with Gasteiger partial charge in [0.1, 0.15) is 5.60 Å². The minimum Gasteiger partial charge on any atom is -0.460 e. The molecular weight excluding hydrogens is 224 g/mol. The topological polar surface area (TPSA) is 26.3 Å². The molecule has 0 saturated heterocycles. The van der Waals surface area contributed by atoms with E-state index in [1.165, 1.54) is 30.6 Å². The lowest BCUT2D eigenvalue weighted by Gasteiger charge is -2.49. The van der Waals surface area contributed by atoms with Crippen molar-refractivity contribution in [1.82, 2.24) is 0 Å². The average Bonchev–Trinajstić information content (AvgIpc) is 2.10. The number of rotatable bonds is 0. The van der Waals surface area contributed by atoms with Crippen LogP contribution in [0.5, 0.6) is 0 Å². The molecule has 0 N–H and O–H groups in total. The highest BCUT2D eigenvalue weighted by atomic mass is 16.6. The average molecular weight is 252 g/mol. The molecule has 4 aliphatic carbocycles. The summed E-state index contributed by atoms with van der Waals surface area (Å²) in [7, 11) is 0. The quantitative estimate of drug-likeness (QED) is 0.604. The number of hydrogen-bond donors (Lipinski definition) is 0. The smallest absolute Gasteiger partial charge is 0.303 e. The van der Waals surface area contributed by atoms with E-state index in [1.54, 1.807) is 38.5 Å². The number of esters is 1. The first-order valence-electron chi connectivity index (χ1n) is 7.51. The SMILES string of the molecule is C1C2CC3CC1CC(C2)C3.CC(=O)OC(C)(C)C. The van der Waals surface area contributed by atoms with Crippen LogP contribution in [0.15, 0.2) is 0 Å². The summed E-state index contributed by atoms with van der Waals surface area (Å²) >= 11 is 0. The van der Waals surface area contributed by atoms with E-state index in [0.717, 1.165) is 0 Å². The van der Waals surface area contributed by atoms with Crippen LogP contribution >= 0.6 is 0 Å². The molecule has 0 heterocycles. The summed E-state index contributed by atoms with van der Waals surface area (Å²) in [5.74, 6) is 4.48. The largest absolute Gasteiger partial charge is 0.460 e. The highest BCUT2D eigenvalue weighted by Crippen LogP contribution is 2.53. The Balaban J connectivity index is 0.000000139. The molecule has 4 saturated carbocycles. The van der Waals surface area contributed by atoms with Crippen molar-refractivity contribution in [2.75, 3.05) is 0 Å². The van der Waals surface area contributed by atoms with Crippen LogP contribution in [0.4, 0.5) is 0 Å². The minimum absolute atomic E-state index is 0.225. The molecule has 0 unspecified atom stereocenters. The van der Waals surface area contributed by atoms with Gasteiger partial charge in [0.15, 0.2) is 0 Å². The molecule has 0 amide bonds. The summed E-state index contributed by atoms with van der Waals surface area (Å²) in [5.41, 5.74) is -0.328. The number of carbonyl (C=O) groups is 1. The normalized spacial score (nSPS) is 36.9. The lowest BCUT2D eigenvalue weighted by Crippen LogP contribution is -2.38. The molecule has 2 nitrogen and oxygen atoms in total. The molecule has 0 aromatic heterocycles. The second kappa shape index (κ2) is 5.22. The Bertz CT molecular complexity index is 244. The van der Waals surface area contributed by atoms with Crippen molar-refractivity contribution in [3.63, 3.8) is 0 Å². The third kappa shape index (κ3) is 4.00. The first-order valence-corrected chi connectivity index (χ1v) is 7.51. The summed E-state index contributed by atoms with van der Waals surface area (Å²) in [6.45, 7) is 6.93. The van der Waals surface area contributed by atoms with Crippen LogP contribution in [0, 0.1) is 23.7 Å². The summed E-state index contributed by atoms with van der Waals surface area (Å²) in [4.78, 5) is 10.2. The third-order valence-electron chi connectivity index (χ3n) is 4.45. The zero-order valence-electron chi connectivity index (χ0n) is 12.4. The minimum atomic E-state index is -0.328. The van der Waals surface area contributed by atoms with E-state index < -0.39 is 0 Å². The molecule has 0 radical (unpaired) electrons. The fourth-order valence-corrected chi connectivity index (χ4v) is 4.41. The molecule has 18 heavy (non-hydrogen) atoms. The molecule has 0 atom stereocenters. The predicted octanol–water partition coefficient (Wildman–Crippen LogP) is 4.18. The van der Waals surface area contributed by atoms with E-state index in [4.69, 9.17) is 4.74 Å². The lowest BCUT2D eigenvalue weighted by molar-refractivity contribution is -0.151. The molecule has 104 valence electrons.